The highest BCUT2D eigenvalue weighted by atomic mass is 32.2. The van der Waals surface area contributed by atoms with Crippen LogP contribution in [0.3, 0.4) is 0 Å². The van der Waals surface area contributed by atoms with Crippen LogP contribution in [0.2, 0.25) is 0 Å². The zero-order valence-electron chi connectivity index (χ0n) is 18.4. The van der Waals surface area contributed by atoms with Gasteiger partial charge in [-0.05, 0) is 55.8 Å². The van der Waals surface area contributed by atoms with E-state index in [2.05, 4.69) is 10.6 Å². The van der Waals surface area contributed by atoms with E-state index in [1.54, 1.807) is 24.3 Å². The lowest BCUT2D eigenvalue weighted by molar-refractivity contribution is -0.124. The fraction of sp³-hybridized carbons (Fsp3) is 0.364. The van der Waals surface area contributed by atoms with Crippen molar-refractivity contribution in [1.82, 2.24) is 15.0 Å². The van der Waals surface area contributed by atoms with Crippen LogP contribution >= 0.6 is 0 Å². The first-order valence-electron chi connectivity index (χ1n) is 10.3. The third kappa shape index (κ3) is 4.85. The highest BCUT2D eigenvalue weighted by Crippen LogP contribution is 2.40. The van der Waals surface area contributed by atoms with Crippen LogP contribution in [0.5, 0.6) is 5.75 Å². The maximum Gasteiger partial charge on any atom is 0.272 e. The Balaban J connectivity index is 2.18. The number of hydrogen-bond acceptors (Lipinski definition) is 7. The standard InChI is InChI=1S/C22H27FN4O5S/c1-15(28)27(24)33(30,31)21(26-20(29)18-8-3-4-9-19(18)32-2)22(10-12-25-13-11-22)16-6-5-7-17(23)14-16/h3-9,14,21,25H,10-13,24H2,1-2H3,(H,26,29). The summed E-state index contributed by atoms with van der Waals surface area (Å²) in [6.45, 7) is 1.84. The first-order valence-corrected chi connectivity index (χ1v) is 11.8. The molecule has 1 aliphatic heterocycles. The number of benzene rings is 2. The molecular weight excluding hydrogens is 451 g/mol. The summed E-state index contributed by atoms with van der Waals surface area (Å²) in [5.41, 5.74) is -0.763. The summed E-state index contributed by atoms with van der Waals surface area (Å²) < 4.78 is 46.7. The Hall–Kier alpha value is -3.02. The number of piperidine rings is 1. The van der Waals surface area contributed by atoms with Crippen molar-refractivity contribution < 1.29 is 27.1 Å². The van der Waals surface area contributed by atoms with Gasteiger partial charge in [0.25, 0.3) is 15.9 Å². The van der Waals surface area contributed by atoms with Gasteiger partial charge >= 0.3 is 0 Å². The minimum Gasteiger partial charge on any atom is -0.496 e. The van der Waals surface area contributed by atoms with Gasteiger partial charge < -0.3 is 15.4 Å². The van der Waals surface area contributed by atoms with Crippen LogP contribution in [0.1, 0.15) is 35.7 Å². The number of nitrogens with two attached hydrogens (primary N) is 1. The van der Waals surface area contributed by atoms with E-state index >= 15 is 0 Å². The second-order valence-corrected chi connectivity index (χ2v) is 9.72. The molecule has 2 aromatic carbocycles. The number of ether oxygens (including phenoxy) is 1. The monoisotopic (exact) mass is 478 g/mol. The van der Waals surface area contributed by atoms with E-state index in [1.807, 2.05) is 0 Å². The van der Waals surface area contributed by atoms with Crippen LogP contribution in [0.4, 0.5) is 4.39 Å². The van der Waals surface area contributed by atoms with E-state index in [1.165, 1.54) is 31.4 Å². The van der Waals surface area contributed by atoms with Gasteiger partial charge in [0.05, 0.1) is 12.7 Å². The largest absolute Gasteiger partial charge is 0.496 e. The predicted octanol–water partition coefficient (Wildman–Crippen LogP) is 1.26. The molecule has 0 spiro atoms. The summed E-state index contributed by atoms with van der Waals surface area (Å²) >= 11 is 0. The smallest absolute Gasteiger partial charge is 0.272 e. The Bertz CT molecular complexity index is 1140. The van der Waals surface area contributed by atoms with Crippen LogP contribution in [0, 0.1) is 5.82 Å². The molecule has 1 saturated heterocycles. The third-order valence-electron chi connectivity index (χ3n) is 5.89. The fourth-order valence-electron chi connectivity index (χ4n) is 4.19. The first kappa shape index (κ1) is 24.6. The summed E-state index contributed by atoms with van der Waals surface area (Å²) in [6, 6.07) is 11.9. The molecule has 1 heterocycles. The molecule has 9 nitrogen and oxygen atoms in total. The van der Waals surface area contributed by atoms with Crippen molar-refractivity contribution in [1.29, 1.82) is 0 Å². The van der Waals surface area contributed by atoms with Gasteiger partial charge in [-0.1, -0.05) is 24.3 Å². The zero-order chi connectivity index (χ0) is 24.2. The summed E-state index contributed by atoms with van der Waals surface area (Å²) in [5, 5.41) is 4.08. The molecule has 3 rings (SSSR count). The molecule has 0 radical (unpaired) electrons. The van der Waals surface area contributed by atoms with Crippen molar-refractivity contribution in [2.75, 3.05) is 20.2 Å². The van der Waals surface area contributed by atoms with Crippen molar-refractivity contribution >= 4 is 21.8 Å². The van der Waals surface area contributed by atoms with E-state index in [9.17, 15) is 22.4 Å². The van der Waals surface area contributed by atoms with Crippen molar-refractivity contribution in [3.8, 4) is 5.75 Å². The second-order valence-electron chi connectivity index (χ2n) is 7.83. The molecule has 1 aliphatic rings. The first-order chi connectivity index (χ1) is 15.6. The predicted molar refractivity (Wildman–Crippen MR) is 120 cm³/mol. The maximum absolute atomic E-state index is 14.2. The number of methoxy groups -OCH3 is 1. The highest BCUT2D eigenvalue weighted by Gasteiger charge is 2.51. The van der Waals surface area contributed by atoms with Gasteiger partial charge in [-0.3, -0.25) is 9.59 Å². The molecule has 11 heteroatoms. The average molecular weight is 479 g/mol. The van der Waals surface area contributed by atoms with Crippen molar-refractivity contribution in [3.63, 3.8) is 0 Å². The molecule has 2 aromatic rings. The molecule has 1 atom stereocenters. The average Bonchev–Trinajstić information content (AvgIpc) is 2.82. The number of halogens is 1. The number of rotatable bonds is 7. The number of amides is 2. The SMILES string of the molecule is COc1ccccc1C(=O)NC(C1(c2cccc(F)c2)CCNCC1)S(=O)(=O)N(N)C(C)=O. The number of carbonyl (C=O) groups is 2. The molecule has 2 amide bonds. The van der Waals surface area contributed by atoms with E-state index in [4.69, 9.17) is 10.6 Å². The van der Waals surface area contributed by atoms with Gasteiger partial charge in [0.15, 0.2) is 5.37 Å². The lowest BCUT2D eigenvalue weighted by atomic mass is 9.72. The van der Waals surface area contributed by atoms with Gasteiger partial charge in [0.1, 0.15) is 11.6 Å². The Morgan fingerprint density at radius 3 is 2.45 bits per heavy atom. The number of carbonyl (C=O) groups excluding carboxylic acids is 2. The van der Waals surface area contributed by atoms with Gasteiger partial charge in [0.2, 0.25) is 5.91 Å². The Kier molecular flexibility index (Phi) is 7.35. The summed E-state index contributed by atoms with van der Waals surface area (Å²) in [5.74, 6) is 3.71. The number of hydrazine groups is 1. The van der Waals surface area contributed by atoms with Gasteiger partial charge in [-0.2, -0.15) is 4.41 Å². The molecule has 0 saturated carbocycles. The van der Waals surface area contributed by atoms with Crippen LogP contribution in [-0.4, -0.2) is 50.2 Å². The Morgan fingerprint density at radius 2 is 1.85 bits per heavy atom. The molecular formula is C22H27FN4O5S. The lowest BCUT2D eigenvalue weighted by Crippen LogP contribution is -2.63. The Labute approximate surface area is 192 Å². The van der Waals surface area contributed by atoms with Gasteiger partial charge in [0, 0.05) is 12.3 Å². The normalized spacial score (nSPS) is 16.5. The van der Waals surface area contributed by atoms with Crippen molar-refractivity contribution in [2.45, 2.75) is 30.6 Å². The van der Waals surface area contributed by atoms with Crippen molar-refractivity contribution in [2.24, 2.45) is 5.84 Å². The number of hydrogen-bond donors (Lipinski definition) is 3. The van der Waals surface area contributed by atoms with E-state index in [-0.39, 0.29) is 28.6 Å². The van der Waals surface area contributed by atoms with E-state index < -0.39 is 38.4 Å². The summed E-state index contributed by atoms with van der Waals surface area (Å²) in [6.07, 6.45) is 0.497. The van der Waals surface area contributed by atoms with Crippen LogP contribution in [0.25, 0.3) is 0 Å². The topological polar surface area (TPSA) is 131 Å². The quantitative estimate of drug-likeness (QED) is 0.310. The lowest BCUT2D eigenvalue weighted by Gasteiger charge is -2.44. The maximum atomic E-state index is 14.2. The molecule has 0 aliphatic carbocycles. The molecule has 0 bridgehead atoms. The molecule has 33 heavy (non-hydrogen) atoms. The molecule has 1 fully saturated rings. The number of sulfonamides is 1. The van der Waals surface area contributed by atoms with Gasteiger partial charge in [-0.15, -0.1) is 0 Å². The summed E-state index contributed by atoms with van der Waals surface area (Å²) in [7, 11) is -3.22. The second kappa shape index (κ2) is 9.86. The van der Waals surface area contributed by atoms with Crippen molar-refractivity contribution in [3.05, 3.63) is 65.5 Å². The van der Waals surface area contributed by atoms with Crippen LogP contribution in [0.15, 0.2) is 48.5 Å². The number of para-hydroxylation sites is 1. The molecule has 1 unspecified atom stereocenters. The van der Waals surface area contributed by atoms with E-state index in [0.717, 1.165) is 6.92 Å². The highest BCUT2D eigenvalue weighted by molar-refractivity contribution is 7.90. The van der Waals surface area contributed by atoms with Crippen LogP contribution < -0.4 is 21.2 Å². The summed E-state index contributed by atoms with van der Waals surface area (Å²) in [4.78, 5) is 25.2. The Morgan fingerprint density at radius 1 is 1.18 bits per heavy atom. The molecule has 0 aromatic heterocycles. The zero-order valence-corrected chi connectivity index (χ0v) is 19.2. The molecule has 178 valence electrons. The fourth-order valence-corrected chi connectivity index (χ4v) is 5.98. The van der Waals surface area contributed by atoms with Gasteiger partial charge in [-0.25, -0.2) is 18.7 Å². The van der Waals surface area contributed by atoms with E-state index in [0.29, 0.717) is 18.7 Å². The minimum absolute atomic E-state index is 0.106. The van der Waals surface area contributed by atoms with Crippen LogP contribution in [-0.2, 0) is 20.2 Å². The molecule has 4 N–H and O–H groups in total. The number of nitrogens with one attached hydrogen (secondary N) is 2. The minimum atomic E-state index is -4.60. The number of nitrogens with zero attached hydrogens (tertiary/aromatic N) is 1. The third-order valence-corrected chi connectivity index (χ3v) is 7.86.